The lowest BCUT2D eigenvalue weighted by Crippen LogP contribution is -2.01. The van der Waals surface area contributed by atoms with Crippen LogP contribution in [-0.4, -0.2) is 5.78 Å². The van der Waals surface area contributed by atoms with Gasteiger partial charge in [0.1, 0.15) is 0 Å². The Bertz CT molecular complexity index is 638. The summed E-state index contributed by atoms with van der Waals surface area (Å²) in [6, 6.07) is 11.4. The molecule has 0 fully saturated rings. The molecule has 4 heteroatoms. The number of carbonyl (C=O) groups is 1. The minimum absolute atomic E-state index is 0.0351. The highest BCUT2D eigenvalue weighted by molar-refractivity contribution is 9.10. The fraction of sp³-hybridized carbons (Fsp3) is 0.133. The molecule has 0 bridgehead atoms. The van der Waals surface area contributed by atoms with Crippen LogP contribution in [0.1, 0.15) is 22.8 Å². The summed E-state index contributed by atoms with van der Waals surface area (Å²) in [6.07, 6.45) is 0. The lowest BCUT2D eigenvalue weighted by molar-refractivity contribution is 0.101. The van der Waals surface area contributed by atoms with E-state index in [1.807, 2.05) is 31.2 Å². The third-order valence-corrected chi connectivity index (χ3v) is 3.40. The van der Waals surface area contributed by atoms with Crippen LogP contribution in [0.3, 0.4) is 0 Å². The number of rotatable bonds is 3. The topological polar surface area (TPSA) is 55.1 Å². The van der Waals surface area contributed by atoms with E-state index < -0.39 is 0 Å². The van der Waals surface area contributed by atoms with Crippen LogP contribution in [0.4, 0.5) is 17.1 Å². The van der Waals surface area contributed by atoms with Gasteiger partial charge in [0.15, 0.2) is 5.78 Å². The molecule has 0 aliphatic heterocycles. The minimum atomic E-state index is -0.0351. The molecule has 2 aromatic carbocycles. The number of benzene rings is 2. The Kier molecular flexibility index (Phi) is 3.90. The number of halogens is 1. The summed E-state index contributed by atoms with van der Waals surface area (Å²) in [4.78, 5) is 11.5. The van der Waals surface area contributed by atoms with Crippen molar-refractivity contribution < 1.29 is 4.79 Å². The Hall–Kier alpha value is -1.81. The third-order valence-electron chi connectivity index (χ3n) is 2.91. The summed E-state index contributed by atoms with van der Waals surface area (Å²) in [7, 11) is 0. The van der Waals surface area contributed by atoms with Gasteiger partial charge in [-0.2, -0.15) is 0 Å². The molecule has 19 heavy (non-hydrogen) atoms. The summed E-state index contributed by atoms with van der Waals surface area (Å²) in [5, 5.41) is 3.30. The quantitative estimate of drug-likeness (QED) is 0.655. The average Bonchev–Trinajstić information content (AvgIpc) is 2.36. The highest BCUT2D eigenvalue weighted by atomic mass is 79.9. The van der Waals surface area contributed by atoms with Gasteiger partial charge in [-0.25, -0.2) is 0 Å². The molecular formula is C15H15BrN2O. The predicted molar refractivity (Wildman–Crippen MR) is 83.0 cm³/mol. The molecule has 0 saturated carbocycles. The summed E-state index contributed by atoms with van der Waals surface area (Å²) in [6.45, 7) is 3.54. The zero-order valence-electron chi connectivity index (χ0n) is 10.8. The molecule has 2 aromatic rings. The monoisotopic (exact) mass is 318 g/mol. The van der Waals surface area contributed by atoms with Crippen molar-refractivity contribution in [3.8, 4) is 0 Å². The van der Waals surface area contributed by atoms with E-state index in [1.54, 1.807) is 12.1 Å². The number of hydrogen-bond acceptors (Lipinski definition) is 3. The average molecular weight is 319 g/mol. The number of Topliss-reactive ketones (excluding diaryl/α,β-unsaturated/α-hetero) is 1. The van der Waals surface area contributed by atoms with Crippen LogP contribution in [0.15, 0.2) is 40.9 Å². The molecule has 0 spiro atoms. The van der Waals surface area contributed by atoms with Crippen molar-refractivity contribution in [2.45, 2.75) is 13.8 Å². The molecule has 0 atom stereocenters. The highest BCUT2D eigenvalue weighted by Crippen LogP contribution is 2.26. The lowest BCUT2D eigenvalue weighted by Gasteiger charge is -2.12. The molecular weight excluding hydrogens is 304 g/mol. The van der Waals surface area contributed by atoms with Crippen molar-refractivity contribution in [1.82, 2.24) is 0 Å². The van der Waals surface area contributed by atoms with Crippen LogP contribution in [0.5, 0.6) is 0 Å². The van der Waals surface area contributed by atoms with E-state index in [-0.39, 0.29) is 5.78 Å². The number of nitrogens with one attached hydrogen (secondary N) is 1. The largest absolute Gasteiger partial charge is 0.398 e. The van der Waals surface area contributed by atoms with Gasteiger partial charge in [0.25, 0.3) is 0 Å². The van der Waals surface area contributed by atoms with Crippen LogP contribution in [0.2, 0.25) is 0 Å². The standard InChI is InChI=1S/C15H15BrN2O/c1-9-3-4-11(16)7-15(9)18-12-5-6-14(17)13(8-12)10(2)19/h3-8,18H,17H2,1-2H3. The maximum absolute atomic E-state index is 11.5. The summed E-state index contributed by atoms with van der Waals surface area (Å²) < 4.78 is 1.00. The van der Waals surface area contributed by atoms with Gasteiger partial charge in [-0.3, -0.25) is 4.79 Å². The molecule has 0 radical (unpaired) electrons. The van der Waals surface area contributed by atoms with Crippen molar-refractivity contribution >= 4 is 38.8 Å². The van der Waals surface area contributed by atoms with Crippen molar-refractivity contribution in [1.29, 1.82) is 0 Å². The van der Waals surface area contributed by atoms with Crippen LogP contribution >= 0.6 is 15.9 Å². The van der Waals surface area contributed by atoms with E-state index >= 15 is 0 Å². The van der Waals surface area contributed by atoms with E-state index in [9.17, 15) is 4.79 Å². The molecule has 3 nitrogen and oxygen atoms in total. The molecule has 0 aromatic heterocycles. The molecule has 2 rings (SSSR count). The fourth-order valence-corrected chi connectivity index (χ4v) is 2.18. The van der Waals surface area contributed by atoms with Crippen molar-refractivity contribution in [3.05, 3.63) is 52.0 Å². The maximum atomic E-state index is 11.5. The first-order valence-electron chi connectivity index (χ1n) is 5.91. The Labute approximate surface area is 121 Å². The number of aryl methyl sites for hydroxylation is 1. The van der Waals surface area contributed by atoms with Gasteiger partial charge >= 0.3 is 0 Å². The van der Waals surface area contributed by atoms with Gasteiger partial charge in [0.05, 0.1) is 0 Å². The SMILES string of the molecule is CC(=O)c1cc(Nc2cc(Br)ccc2C)ccc1N. The number of nitrogen functional groups attached to an aromatic ring is 1. The minimum Gasteiger partial charge on any atom is -0.398 e. The van der Waals surface area contributed by atoms with E-state index in [0.29, 0.717) is 11.3 Å². The fourth-order valence-electron chi connectivity index (χ4n) is 1.82. The second-order valence-electron chi connectivity index (χ2n) is 4.44. The van der Waals surface area contributed by atoms with Crippen LogP contribution in [0.25, 0.3) is 0 Å². The number of carbonyl (C=O) groups excluding carboxylic acids is 1. The zero-order valence-corrected chi connectivity index (χ0v) is 12.4. The Morgan fingerprint density at radius 3 is 2.63 bits per heavy atom. The molecule has 3 N–H and O–H groups in total. The first kappa shape index (κ1) is 13.6. The molecule has 98 valence electrons. The van der Waals surface area contributed by atoms with Gasteiger partial charge in [-0.1, -0.05) is 22.0 Å². The van der Waals surface area contributed by atoms with Gasteiger partial charge < -0.3 is 11.1 Å². The van der Waals surface area contributed by atoms with Crippen LogP contribution < -0.4 is 11.1 Å². The smallest absolute Gasteiger partial charge is 0.161 e. The lowest BCUT2D eigenvalue weighted by atomic mass is 10.1. The van der Waals surface area contributed by atoms with Crippen molar-refractivity contribution in [3.63, 3.8) is 0 Å². The predicted octanol–water partition coefficient (Wildman–Crippen LogP) is 4.29. The second-order valence-corrected chi connectivity index (χ2v) is 5.36. The van der Waals surface area contributed by atoms with Gasteiger partial charge in [0.2, 0.25) is 0 Å². The number of anilines is 3. The normalized spacial score (nSPS) is 10.3. The van der Waals surface area contributed by atoms with Crippen LogP contribution in [-0.2, 0) is 0 Å². The van der Waals surface area contributed by atoms with Gasteiger partial charge in [-0.05, 0) is 49.7 Å². The van der Waals surface area contributed by atoms with E-state index in [1.165, 1.54) is 6.92 Å². The van der Waals surface area contributed by atoms with Gasteiger partial charge in [0, 0.05) is 27.1 Å². The molecule has 0 aliphatic carbocycles. The molecule has 0 heterocycles. The summed E-state index contributed by atoms with van der Waals surface area (Å²) in [5.41, 5.74) is 9.80. The Morgan fingerprint density at radius 2 is 1.95 bits per heavy atom. The highest BCUT2D eigenvalue weighted by Gasteiger charge is 2.07. The second kappa shape index (κ2) is 5.45. The maximum Gasteiger partial charge on any atom is 0.161 e. The zero-order chi connectivity index (χ0) is 14.0. The third kappa shape index (κ3) is 3.15. The molecule has 0 saturated heterocycles. The first-order chi connectivity index (χ1) is 8.97. The van der Waals surface area contributed by atoms with Gasteiger partial charge in [-0.15, -0.1) is 0 Å². The Balaban J connectivity index is 2.36. The van der Waals surface area contributed by atoms with Crippen molar-refractivity contribution in [2.75, 3.05) is 11.1 Å². The van der Waals surface area contributed by atoms with E-state index in [2.05, 4.69) is 21.2 Å². The van der Waals surface area contributed by atoms with Crippen molar-refractivity contribution in [2.24, 2.45) is 0 Å². The molecule has 0 amide bonds. The number of hydrogen-bond donors (Lipinski definition) is 2. The Morgan fingerprint density at radius 1 is 1.21 bits per heavy atom. The first-order valence-corrected chi connectivity index (χ1v) is 6.70. The molecule has 0 aliphatic rings. The number of nitrogens with two attached hydrogens (primary N) is 1. The molecule has 0 unspecified atom stereocenters. The van der Waals surface area contributed by atoms with Crippen LogP contribution in [0, 0.1) is 6.92 Å². The van der Waals surface area contributed by atoms with E-state index in [4.69, 9.17) is 5.73 Å². The van der Waals surface area contributed by atoms with E-state index in [0.717, 1.165) is 21.4 Å². The number of ketones is 1. The summed E-state index contributed by atoms with van der Waals surface area (Å²) in [5.74, 6) is -0.0351. The summed E-state index contributed by atoms with van der Waals surface area (Å²) >= 11 is 3.44.